The van der Waals surface area contributed by atoms with E-state index in [1.165, 1.54) is 28.6 Å². The van der Waals surface area contributed by atoms with Gasteiger partial charge >= 0.3 is 0 Å². The van der Waals surface area contributed by atoms with E-state index < -0.39 is 10.0 Å². The van der Waals surface area contributed by atoms with E-state index in [1.54, 1.807) is 40.5 Å². The van der Waals surface area contributed by atoms with E-state index in [9.17, 15) is 22.9 Å². The Bertz CT molecular complexity index is 1280. The molecular weight excluding hydrogens is 475 g/mol. The summed E-state index contributed by atoms with van der Waals surface area (Å²) in [6.07, 6.45) is 0. The maximum Gasteiger partial charge on any atom is 0.244 e. The van der Waals surface area contributed by atoms with Gasteiger partial charge in [-0.15, -0.1) is 11.3 Å². The molecule has 1 aliphatic heterocycles. The van der Waals surface area contributed by atoms with Crippen molar-refractivity contribution in [2.24, 2.45) is 0 Å². The topological polar surface area (TPSA) is 93.5 Å². The third kappa shape index (κ3) is 5.18. The van der Waals surface area contributed by atoms with Crippen molar-refractivity contribution in [1.82, 2.24) is 14.5 Å². The van der Waals surface area contributed by atoms with Crippen LogP contribution in [0.4, 0.5) is 4.39 Å². The lowest BCUT2D eigenvalue weighted by molar-refractivity contribution is -0.131. The Labute approximate surface area is 202 Å². The van der Waals surface area contributed by atoms with Crippen LogP contribution in [0.1, 0.15) is 22.0 Å². The summed E-state index contributed by atoms with van der Waals surface area (Å²) < 4.78 is 40.7. The third-order valence-electron chi connectivity index (χ3n) is 5.71. The van der Waals surface area contributed by atoms with Crippen molar-refractivity contribution in [2.45, 2.75) is 10.9 Å². The minimum atomic E-state index is -3.82. The molecule has 176 valence electrons. The molecule has 1 aromatic heterocycles. The highest BCUT2D eigenvalue weighted by Gasteiger charge is 2.31. The Balaban J connectivity index is 1.39. The molecular formula is C24H23FN4O3S2. The summed E-state index contributed by atoms with van der Waals surface area (Å²) in [7, 11) is -3.82. The fourth-order valence-electron chi connectivity index (χ4n) is 3.90. The van der Waals surface area contributed by atoms with Crippen LogP contribution in [-0.4, -0.2) is 56.3 Å². The first kappa shape index (κ1) is 24.0. The zero-order valence-electron chi connectivity index (χ0n) is 18.2. The number of piperazine rings is 1. The van der Waals surface area contributed by atoms with Crippen LogP contribution in [0.5, 0.6) is 0 Å². The summed E-state index contributed by atoms with van der Waals surface area (Å²) >= 11 is 1.54. The van der Waals surface area contributed by atoms with E-state index >= 15 is 0 Å². The Morgan fingerprint density at radius 1 is 1.06 bits per heavy atom. The minimum Gasteiger partial charge on any atom is -0.339 e. The van der Waals surface area contributed by atoms with Gasteiger partial charge in [0.1, 0.15) is 11.9 Å². The molecule has 1 atom stereocenters. The normalized spacial score (nSPS) is 15.6. The van der Waals surface area contributed by atoms with E-state index in [1.807, 2.05) is 23.6 Å². The molecule has 2 aromatic carbocycles. The summed E-state index contributed by atoms with van der Waals surface area (Å²) in [4.78, 5) is 15.5. The summed E-state index contributed by atoms with van der Waals surface area (Å²) in [6.45, 7) is 0.883. The van der Waals surface area contributed by atoms with E-state index in [4.69, 9.17) is 0 Å². The van der Waals surface area contributed by atoms with Gasteiger partial charge in [-0.05, 0) is 41.3 Å². The maximum atomic E-state index is 13.4. The van der Waals surface area contributed by atoms with Gasteiger partial charge in [0.2, 0.25) is 15.9 Å². The van der Waals surface area contributed by atoms with Gasteiger partial charge in [0.05, 0.1) is 23.0 Å². The number of amides is 1. The lowest BCUT2D eigenvalue weighted by Gasteiger charge is -2.34. The first-order chi connectivity index (χ1) is 16.4. The zero-order valence-corrected chi connectivity index (χ0v) is 19.9. The second-order valence-corrected chi connectivity index (χ2v) is 10.7. The van der Waals surface area contributed by atoms with Crippen molar-refractivity contribution in [3.63, 3.8) is 0 Å². The van der Waals surface area contributed by atoms with Crippen LogP contribution in [0, 0.1) is 17.1 Å². The van der Waals surface area contributed by atoms with Crippen molar-refractivity contribution in [1.29, 1.82) is 5.26 Å². The van der Waals surface area contributed by atoms with Crippen LogP contribution in [0.2, 0.25) is 0 Å². The highest BCUT2D eigenvalue weighted by molar-refractivity contribution is 7.89. The summed E-state index contributed by atoms with van der Waals surface area (Å²) in [6, 6.07) is 17.8. The Kier molecular flexibility index (Phi) is 7.38. The number of nitriles is 1. The highest BCUT2D eigenvalue weighted by Crippen LogP contribution is 2.26. The van der Waals surface area contributed by atoms with E-state index in [0.29, 0.717) is 0 Å². The second-order valence-electron chi connectivity index (χ2n) is 7.77. The molecule has 0 unspecified atom stereocenters. The molecule has 10 heteroatoms. The van der Waals surface area contributed by atoms with Crippen LogP contribution in [0.25, 0.3) is 0 Å². The minimum absolute atomic E-state index is 0.0166. The fourth-order valence-corrected chi connectivity index (χ4v) is 6.29. The molecule has 1 saturated heterocycles. The first-order valence-electron chi connectivity index (χ1n) is 10.7. The van der Waals surface area contributed by atoms with Crippen molar-refractivity contribution < 1.29 is 17.6 Å². The molecule has 4 rings (SSSR count). The number of sulfonamides is 1. The zero-order chi connectivity index (χ0) is 24.1. The van der Waals surface area contributed by atoms with E-state index in [2.05, 4.69) is 5.32 Å². The van der Waals surface area contributed by atoms with Crippen molar-refractivity contribution in [2.75, 3.05) is 32.7 Å². The highest BCUT2D eigenvalue weighted by atomic mass is 32.2. The van der Waals surface area contributed by atoms with Gasteiger partial charge in [0, 0.05) is 31.1 Å². The molecule has 1 amide bonds. The van der Waals surface area contributed by atoms with Crippen LogP contribution < -0.4 is 5.32 Å². The molecule has 7 nitrogen and oxygen atoms in total. The monoisotopic (exact) mass is 498 g/mol. The Morgan fingerprint density at radius 2 is 1.76 bits per heavy atom. The number of thiophene rings is 1. The first-order valence-corrected chi connectivity index (χ1v) is 13.0. The molecule has 1 aliphatic rings. The van der Waals surface area contributed by atoms with Gasteiger partial charge in [-0.3, -0.25) is 10.1 Å². The molecule has 1 fully saturated rings. The predicted molar refractivity (Wildman–Crippen MR) is 127 cm³/mol. The molecule has 0 aliphatic carbocycles. The predicted octanol–water partition coefficient (Wildman–Crippen LogP) is 2.97. The van der Waals surface area contributed by atoms with Gasteiger partial charge in [-0.2, -0.15) is 9.57 Å². The summed E-state index contributed by atoms with van der Waals surface area (Å²) in [5.41, 5.74) is 0.953. The molecule has 1 N–H and O–H groups in total. The molecule has 0 spiro atoms. The number of carbonyl (C=O) groups is 1. The Morgan fingerprint density at radius 3 is 2.41 bits per heavy atom. The van der Waals surface area contributed by atoms with Crippen molar-refractivity contribution in [3.8, 4) is 6.07 Å². The Hall–Kier alpha value is -3.10. The average molecular weight is 499 g/mol. The van der Waals surface area contributed by atoms with Crippen molar-refractivity contribution in [3.05, 3.63) is 87.9 Å². The van der Waals surface area contributed by atoms with Crippen LogP contribution in [-0.2, 0) is 14.8 Å². The van der Waals surface area contributed by atoms with Gasteiger partial charge in [0.15, 0.2) is 0 Å². The largest absolute Gasteiger partial charge is 0.339 e. The number of halogens is 1. The number of hydrogen-bond acceptors (Lipinski definition) is 6. The second kappa shape index (κ2) is 10.4. The number of hydrogen-bond donors (Lipinski definition) is 1. The molecule has 0 bridgehead atoms. The standard InChI is InChI=1S/C24H23FN4O3S2/c25-20-9-7-18(8-10-20)24(21-5-3-15-33-21)27-17-23(30)28-11-13-29(14-12-28)34(31,32)22-6-2-1-4-19(22)16-26/h1-10,15,24,27H,11-14,17H2/t24-/m1/s1. The average Bonchev–Trinajstić information content (AvgIpc) is 3.40. The van der Waals surface area contributed by atoms with Crippen LogP contribution in [0.15, 0.2) is 70.9 Å². The molecule has 34 heavy (non-hydrogen) atoms. The van der Waals surface area contributed by atoms with Crippen LogP contribution in [0.3, 0.4) is 0 Å². The van der Waals surface area contributed by atoms with Gasteiger partial charge in [-0.25, -0.2) is 12.8 Å². The number of benzene rings is 2. The fraction of sp³-hybridized carbons (Fsp3) is 0.250. The molecule has 0 radical (unpaired) electrons. The van der Waals surface area contributed by atoms with Crippen LogP contribution >= 0.6 is 11.3 Å². The molecule has 3 aromatic rings. The summed E-state index contributed by atoms with van der Waals surface area (Å²) in [5.74, 6) is -0.465. The van der Waals surface area contributed by atoms with E-state index in [0.717, 1.165) is 10.4 Å². The number of nitrogens with one attached hydrogen (secondary N) is 1. The lowest BCUT2D eigenvalue weighted by Crippen LogP contribution is -2.52. The number of nitrogens with zero attached hydrogens (tertiary/aromatic N) is 3. The molecule has 0 saturated carbocycles. The van der Waals surface area contributed by atoms with Gasteiger partial charge in [-0.1, -0.05) is 30.3 Å². The van der Waals surface area contributed by atoms with E-state index in [-0.39, 0.29) is 60.9 Å². The van der Waals surface area contributed by atoms with Crippen molar-refractivity contribution >= 4 is 27.3 Å². The molecule has 2 heterocycles. The maximum absolute atomic E-state index is 13.4. The lowest BCUT2D eigenvalue weighted by atomic mass is 10.1. The quantitative estimate of drug-likeness (QED) is 0.541. The number of carbonyl (C=O) groups excluding carboxylic acids is 1. The number of rotatable bonds is 7. The van der Waals surface area contributed by atoms with Gasteiger partial charge in [0.25, 0.3) is 0 Å². The smallest absolute Gasteiger partial charge is 0.244 e. The van der Waals surface area contributed by atoms with Gasteiger partial charge < -0.3 is 4.90 Å². The SMILES string of the molecule is N#Cc1ccccc1S(=O)(=O)N1CCN(C(=O)CN[C@H](c2ccc(F)cc2)c2cccs2)CC1. The summed E-state index contributed by atoms with van der Waals surface area (Å²) in [5, 5.41) is 14.5. The third-order valence-corrected chi connectivity index (χ3v) is 8.60.